The molecule has 0 aliphatic carbocycles. The van der Waals surface area contributed by atoms with Gasteiger partial charge in [0.05, 0.1) is 77.8 Å². The molecule has 3 fully saturated rings. The molecular weight excluding hydrogens is 1220 g/mol. The van der Waals surface area contributed by atoms with Crippen molar-refractivity contribution in [1.82, 2.24) is 16.0 Å². The Balaban J connectivity index is 1.27. The van der Waals surface area contributed by atoms with Crippen LogP contribution >= 0.6 is 0 Å². The number of alkyl carbamates (subject to hydrolysis) is 1. The van der Waals surface area contributed by atoms with Crippen molar-refractivity contribution in [3.63, 3.8) is 0 Å². The molecule has 0 aromatic heterocycles. The van der Waals surface area contributed by atoms with Crippen molar-refractivity contribution >= 4 is 35.6 Å². The van der Waals surface area contributed by atoms with Gasteiger partial charge in [0.15, 0.2) is 18.9 Å². The molecule has 16 unspecified atom stereocenters. The molecule has 16 atom stereocenters. The summed E-state index contributed by atoms with van der Waals surface area (Å²) in [7, 11) is 0. The Kier molecular flexibility index (Phi) is 43.8. The molecule has 93 heavy (non-hydrogen) atoms. The fraction of sp³-hybridized carbons (Fsp3) is 0.909. The van der Waals surface area contributed by atoms with Crippen LogP contribution in [0, 0.1) is 23.2 Å². The summed E-state index contributed by atoms with van der Waals surface area (Å²) < 4.78 is 50.5. The SMILES string of the molecule is CC1C(OCCCC(=O)CCCCCCCNC(=O)OCCCC(C)(CCCOC(=O)CCCCCCCNC(=O)CCCOC2OC(CO)C(O)C(O)C2C)CCCOC(=O)CCCCCNC(=O)CCCOC2OC(CO)C(O)C(O)C2C)OC(CO)C(O)C1O. The van der Waals surface area contributed by atoms with Crippen LogP contribution in [0.4, 0.5) is 4.79 Å². The number of hydrogen-bond acceptors (Lipinski definition) is 24. The second-order valence-corrected chi connectivity index (χ2v) is 25.8. The lowest BCUT2D eigenvalue weighted by Gasteiger charge is -2.40. The minimum absolute atomic E-state index is 0.101. The average molecular weight is 1340 g/mol. The van der Waals surface area contributed by atoms with Crippen molar-refractivity contribution in [2.45, 2.75) is 281 Å². The van der Waals surface area contributed by atoms with Gasteiger partial charge in [-0.2, -0.15) is 0 Å². The molecule has 3 aliphatic heterocycles. The normalized spacial score (nSPS) is 27.0. The number of esters is 2. The summed E-state index contributed by atoms with van der Waals surface area (Å²) in [5.41, 5.74) is -0.222. The number of ether oxygens (including phenoxy) is 9. The lowest BCUT2D eigenvalue weighted by atomic mass is 9.77. The summed E-state index contributed by atoms with van der Waals surface area (Å²) in [6.45, 7) is 8.69. The van der Waals surface area contributed by atoms with Crippen molar-refractivity contribution in [2.24, 2.45) is 23.2 Å². The Bertz CT molecular complexity index is 1950. The zero-order valence-corrected chi connectivity index (χ0v) is 56.1. The number of aliphatic hydroxyl groups is 9. The smallest absolute Gasteiger partial charge is 0.407 e. The molecule has 0 aromatic carbocycles. The summed E-state index contributed by atoms with van der Waals surface area (Å²) in [4.78, 5) is 75.0. The summed E-state index contributed by atoms with van der Waals surface area (Å²) in [6, 6.07) is 0. The lowest BCUT2D eigenvalue weighted by molar-refractivity contribution is -0.282. The first-order valence-corrected chi connectivity index (χ1v) is 34.6. The zero-order chi connectivity index (χ0) is 68.4. The van der Waals surface area contributed by atoms with E-state index < -0.39 is 117 Å². The van der Waals surface area contributed by atoms with Crippen molar-refractivity contribution in [2.75, 3.05) is 79.1 Å². The predicted molar refractivity (Wildman–Crippen MR) is 338 cm³/mol. The lowest BCUT2D eigenvalue weighted by Crippen LogP contribution is -2.55. The van der Waals surface area contributed by atoms with E-state index in [1.807, 2.05) is 0 Å². The van der Waals surface area contributed by atoms with E-state index in [2.05, 4.69) is 22.9 Å². The highest BCUT2D eigenvalue weighted by molar-refractivity contribution is 5.78. The molecule has 0 saturated carbocycles. The second-order valence-electron chi connectivity index (χ2n) is 25.8. The van der Waals surface area contributed by atoms with Gasteiger partial charge in [0.2, 0.25) is 11.8 Å². The quantitative estimate of drug-likeness (QED) is 0.0234. The van der Waals surface area contributed by atoms with Gasteiger partial charge in [0.25, 0.3) is 0 Å². The number of nitrogens with one attached hydrogen (secondary N) is 3. The van der Waals surface area contributed by atoms with Crippen LogP contribution in [0.5, 0.6) is 0 Å². The fourth-order valence-electron chi connectivity index (χ4n) is 11.6. The van der Waals surface area contributed by atoms with Crippen LogP contribution in [0.25, 0.3) is 0 Å². The minimum atomic E-state index is -1.21. The van der Waals surface area contributed by atoms with Gasteiger partial charge in [-0.05, 0) is 102 Å². The Morgan fingerprint density at radius 1 is 0.366 bits per heavy atom. The second kappa shape index (κ2) is 48.8. The Hall–Kier alpha value is -3.78. The molecule has 3 amide bonds. The molecule has 27 nitrogen and oxygen atoms in total. The molecule has 0 bridgehead atoms. The Morgan fingerprint density at radius 3 is 1.06 bits per heavy atom. The van der Waals surface area contributed by atoms with E-state index in [0.29, 0.717) is 96.7 Å². The summed E-state index contributed by atoms with van der Waals surface area (Å²) >= 11 is 0. The van der Waals surface area contributed by atoms with Gasteiger partial charge in [-0.1, -0.05) is 72.6 Å². The first-order valence-electron chi connectivity index (χ1n) is 34.6. The maximum absolute atomic E-state index is 12.7. The number of Topliss-reactive ketones (excluding diaryl/α,β-unsaturated/α-hetero) is 1. The number of carbonyl (C=O) groups excluding carboxylic acids is 6. The van der Waals surface area contributed by atoms with Crippen molar-refractivity contribution in [1.29, 1.82) is 0 Å². The van der Waals surface area contributed by atoms with E-state index in [4.69, 9.17) is 42.6 Å². The van der Waals surface area contributed by atoms with Gasteiger partial charge in [0, 0.05) is 75.9 Å². The molecule has 3 aliphatic rings. The first-order chi connectivity index (χ1) is 44.6. The number of unbranched alkanes of at least 4 members (excludes halogenated alkanes) is 10. The molecular formula is C66H119N3O24. The minimum Gasteiger partial charge on any atom is -0.466 e. The molecule has 3 heterocycles. The molecule has 0 radical (unpaired) electrons. The highest BCUT2D eigenvalue weighted by Crippen LogP contribution is 2.35. The third-order valence-electron chi connectivity index (χ3n) is 17.8. The van der Waals surface area contributed by atoms with Gasteiger partial charge in [0.1, 0.15) is 42.4 Å². The van der Waals surface area contributed by atoms with Gasteiger partial charge >= 0.3 is 18.0 Å². The number of aliphatic hydroxyl groups excluding tert-OH is 9. The number of amides is 3. The van der Waals surface area contributed by atoms with E-state index >= 15 is 0 Å². The van der Waals surface area contributed by atoms with Crippen LogP contribution in [0.1, 0.15) is 207 Å². The molecule has 12 N–H and O–H groups in total. The fourth-order valence-corrected chi connectivity index (χ4v) is 11.6. The standard InChI is InChI=1S/C66H119N3O24/c1-45-56(78)59(81)49(42-70)91-62(45)87-36-18-25-48(73)24-12-7-5-10-16-35-69-65(84)90-41-23-32-66(4,31-22-40-86-55(77)29-14-11-17-34-68-53(75)27-20-38-89-64-47(3)58(80)61(83)51(44-72)93-64)30-21-39-85-54(76)28-13-8-6-9-15-33-67-52(74)26-19-37-88-63-46(2)57(79)60(82)50(43-71)92-63/h45-47,49-51,56-64,70-72,78-83H,5-44H2,1-4H3,(H,67,74)(H,68,75)(H,69,84). The predicted octanol–water partition coefficient (Wildman–Crippen LogP) is 3.80. The first kappa shape index (κ1) is 83.4. The molecule has 542 valence electrons. The van der Waals surface area contributed by atoms with Crippen LogP contribution in [0.3, 0.4) is 0 Å². The van der Waals surface area contributed by atoms with Crippen molar-refractivity contribution < 1.29 is 117 Å². The van der Waals surface area contributed by atoms with Crippen LogP contribution in [-0.4, -0.2) is 234 Å². The largest absolute Gasteiger partial charge is 0.466 e. The van der Waals surface area contributed by atoms with E-state index in [9.17, 15) is 74.7 Å². The topological polar surface area (TPSA) is 404 Å². The average Bonchev–Trinajstić information content (AvgIpc) is 1.15. The summed E-state index contributed by atoms with van der Waals surface area (Å²) in [5, 5.41) is 97.5. The van der Waals surface area contributed by atoms with E-state index in [1.165, 1.54) is 0 Å². The number of carbonyl (C=O) groups is 6. The molecule has 3 saturated heterocycles. The van der Waals surface area contributed by atoms with E-state index in [-0.39, 0.29) is 93.9 Å². The Morgan fingerprint density at radius 2 is 0.677 bits per heavy atom. The molecule has 27 heteroatoms. The van der Waals surface area contributed by atoms with Crippen molar-refractivity contribution in [3.8, 4) is 0 Å². The van der Waals surface area contributed by atoms with Gasteiger partial charge in [-0.25, -0.2) is 4.79 Å². The maximum atomic E-state index is 12.7. The molecule has 3 rings (SSSR count). The zero-order valence-electron chi connectivity index (χ0n) is 56.1. The van der Waals surface area contributed by atoms with E-state index in [1.54, 1.807) is 20.8 Å². The van der Waals surface area contributed by atoms with Crippen LogP contribution in [0.2, 0.25) is 0 Å². The summed E-state index contributed by atoms with van der Waals surface area (Å²) in [5.74, 6) is -2.16. The monoisotopic (exact) mass is 1340 g/mol. The maximum Gasteiger partial charge on any atom is 0.407 e. The highest BCUT2D eigenvalue weighted by Gasteiger charge is 2.45. The number of ketones is 1. The Labute approximate surface area is 550 Å². The van der Waals surface area contributed by atoms with Crippen LogP contribution < -0.4 is 16.0 Å². The van der Waals surface area contributed by atoms with Crippen LogP contribution in [-0.2, 0) is 66.6 Å². The number of hydrogen-bond donors (Lipinski definition) is 12. The van der Waals surface area contributed by atoms with Gasteiger partial charge in [-0.15, -0.1) is 0 Å². The van der Waals surface area contributed by atoms with Gasteiger partial charge < -0.3 is 105 Å². The van der Waals surface area contributed by atoms with Crippen molar-refractivity contribution in [3.05, 3.63) is 0 Å². The van der Waals surface area contributed by atoms with Gasteiger partial charge in [-0.3, -0.25) is 24.0 Å². The van der Waals surface area contributed by atoms with Crippen LogP contribution in [0.15, 0.2) is 0 Å². The summed E-state index contributed by atoms with van der Waals surface area (Å²) in [6.07, 6.45) is 5.00. The molecule has 0 spiro atoms. The van der Waals surface area contributed by atoms with E-state index in [0.717, 1.165) is 83.5 Å². The third-order valence-corrected chi connectivity index (χ3v) is 17.8. The molecule has 0 aromatic rings. The number of rotatable bonds is 52. The highest BCUT2D eigenvalue weighted by atomic mass is 16.7. The third kappa shape index (κ3) is 34.3.